The van der Waals surface area contributed by atoms with Gasteiger partial charge in [0.25, 0.3) is 0 Å². The molecule has 0 aliphatic heterocycles. The summed E-state index contributed by atoms with van der Waals surface area (Å²) < 4.78 is 0. The maximum Gasteiger partial charge on any atom is 0.177 e. The Morgan fingerprint density at radius 3 is 2.79 bits per heavy atom. The van der Waals surface area contributed by atoms with Crippen LogP contribution in [-0.4, -0.2) is 11.7 Å². The maximum atomic E-state index is 11.4. The van der Waals surface area contributed by atoms with Gasteiger partial charge < -0.3 is 5.73 Å². The third-order valence-corrected chi connectivity index (χ3v) is 2.24. The van der Waals surface area contributed by atoms with Crippen LogP contribution in [0.1, 0.15) is 21.5 Å². The van der Waals surface area contributed by atoms with Gasteiger partial charge in [0, 0.05) is 11.3 Å². The highest BCUT2D eigenvalue weighted by atomic mass is 35.5. The predicted molar refractivity (Wildman–Crippen MR) is 55.4 cm³/mol. The van der Waals surface area contributed by atoms with Crippen LogP contribution in [-0.2, 0) is 0 Å². The fourth-order valence-corrected chi connectivity index (χ4v) is 1.31. The second kappa shape index (κ2) is 4.12. The van der Waals surface area contributed by atoms with E-state index in [0.29, 0.717) is 22.4 Å². The van der Waals surface area contributed by atoms with Crippen molar-refractivity contribution in [1.82, 2.24) is 0 Å². The van der Waals surface area contributed by atoms with E-state index in [1.807, 2.05) is 6.07 Å². The number of halogens is 1. The third kappa shape index (κ3) is 1.86. The van der Waals surface area contributed by atoms with Gasteiger partial charge in [-0.15, -0.1) is 11.6 Å². The molecule has 0 aromatic heterocycles. The van der Waals surface area contributed by atoms with Crippen molar-refractivity contribution in [3.8, 4) is 6.07 Å². The first kappa shape index (κ1) is 10.6. The summed E-state index contributed by atoms with van der Waals surface area (Å²) in [4.78, 5) is 11.4. The van der Waals surface area contributed by atoms with E-state index in [9.17, 15) is 4.79 Å². The van der Waals surface area contributed by atoms with Crippen molar-refractivity contribution in [2.75, 3.05) is 11.6 Å². The summed E-state index contributed by atoms with van der Waals surface area (Å²) in [5, 5.41) is 8.68. The summed E-state index contributed by atoms with van der Waals surface area (Å²) in [5.74, 6) is -0.317. The zero-order valence-corrected chi connectivity index (χ0v) is 8.43. The molecule has 1 aromatic rings. The van der Waals surface area contributed by atoms with Crippen LogP contribution in [0.25, 0.3) is 0 Å². The molecule has 0 saturated heterocycles. The standard InChI is InChI=1S/C10H9ClN2O/c1-6-8(10(14)4-11)2-7(5-12)3-9(6)13/h2-3H,4,13H2,1H3. The van der Waals surface area contributed by atoms with E-state index in [-0.39, 0.29) is 11.7 Å². The quantitative estimate of drug-likeness (QED) is 0.458. The highest BCUT2D eigenvalue weighted by Gasteiger charge is 2.11. The highest BCUT2D eigenvalue weighted by Crippen LogP contribution is 2.19. The van der Waals surface area contributed by atoms with E-state index in [4.69, 9.17) is 22.6 Å². The Kier molecular flexibility index (Phi) is 3.10. The van der Waals surface area contributed by atoms with E-state index >= 15 is 0 Å². The van der Waals surface area contributed by atoms with Gasteiger partial charge in [-0.2, -0.15) is 5.26 Å². The molecular weight excluding hydrogens is 200 g/mol. The first-order chi connectivity index (χ1) is 6.60. The average molecular weight is 209 g/mol. The molecule has 1 aromatic carbocycles. The Bertz CT molecular complexity index is 421. The molecule has 0 radical (unpaired) electrons. The first-order valence-electron chi connectivity index (χ1n) is 3.99. The number of carbonyl (C=O) groups excluding carboxylic acids is 1. The number of rotatable bonds is 2. The van der Waals surface area contributed by atoms with Crippen LogP contribution in [0.2, 0.25) is 0 Å². The molecule has 0 unspecified atom stereocenters. The number of benzene rings is 1. The second-order valence-electron chi connectivity index (χ2n) is 2.91. The van der Waals surface area contributed by atoms with Crippen LogP contribution in [0.15, 0.2) is 12.1 Å². The number of nitrogens with zero attached hydrogens (tertiary/aromatic N) is 1. The number of nitrogen functional groups attached to an aromatic ring is 1. The number of hydrogen-bond acceptors (Lipinski definition) is 3. The number of nitriles is 1. The van der Waals surface area contributed by atoms with Gasteiger partial charge in [0.1, 0.15) is 0 Å². The number of carbonyl (C=O) groups is 1. The smallest absolute Gasteiger partial charge is 0.177 e. The van der Waals surface area contributed by atoms with Crippen molar-refractivity contribution in [3.63, 3.8) is 0 Å². The maximum absolute atomic E-state index is 11.4. The van der Waals surface area contributed by atoms with Gasteiger partial charge >= 0.3 is 0 Å². The summed E-state index contributed by atoms with van der Waals surface area (Å²) >= 11 is 5.43. The van der Waals surface area contributed by atoms with E-state index in [1.54, 1.807) is 13.0 Å². The molecule has 3 nitrogen and oxygen atoms in total. The predicted octanol–water partition coefficient (Wildman–Crippen LogP) is 1.87. The minimum atomic E-state index is -0.215. The highest BCUT2D eigenvalue weighted by molar-refractivity contribution is 6.30. The number of anilines is 1. The lowest BCUT2D eigenvalue weighted by atomic mass is 10.0. The van der Waals surface area contributed by atoms with Crippen LogP contribution in [0.5, 0.6) is 0 Å². The normalized spacial score (nSPS) is 9.50. The molecule has 0 saturated carbocycles. The van der Waals surface area contributed by atoms with Gasteiger partial charge in [-0.1, -0.05) is 0 Å². The van der Waals surface area contributed by atoms with Crippen LogP contribution < -0.4 is 5.73 Å². The lowest BCUT2D eigenvalue weighted by molar-refractivity contribution is 0.102. The Balaban J connectivity index is 3.36. The van der Waals surface area contributed by atoms with Crippen LogP contribution >= 0.6 is 11.6 Å². The van der Waals surface area contributed by atoms with Crippen LogP contribution in [0.4, 0.5) is 5.69 Å². The SMILES string of the molecule is Cc1c(N)cc(C#N)cc1C(=O)CCl. The average Bonchev–Trinajstić information content (AvgIpc) is 2.20. The largest absolute Gasteiger partial charge is 0.398 e. The molecule has 2 N–H and O–H groups in total. The Morgan fingerprint density at radius 2 is 2.29 bits per heavy atom. The second-order valence-corrected chi connectivity index (χ2v) is 3.17. The molecule has 0 heterocycles. The number of Topliss-reactive ketones (excluding diaryl/α,β-unsaturated/α-hetero) is 1. The molecule has 72 valence electrons. The minimum Gasteiger partial charge on any atom is -0.398 e. The molecular formula is C10H9ClN2O. The molecule has 14 heavy (non-hydrogen) atoms. The van der Waals surface area contributed by atoms with Crippen molar-refractivity contribution in [2.45, 2.75) is 6.92 Å². The Labute approximate surface area is 87.1 Å². The van der Waals surface area contributed by atoms with Crippen molar-refractivity contribution in [3.05, 3.63) is 28.8 Å². The molecule has 0 bridgehead atoms. The van der Waals surface area contributed by atoms with Crippen molar-refractivity contribution < 1.29 is 4.79 Å². The molecule has 0 spiro atoms. The molecule has 0 atom stereocenters. The molecule has 0 fully saturated rings. The fraction of sp³-hybridized carbons (Fsp3) is 0.200. The van der Waals surface area contributed by atoms with E-state index in [1.165, 1.54) is 6.07 Å². The molecule has 0 amide bonds. The summed E-state index contributed by atoms with van der Waals surface area (Å²) in [6, 6.07) is 4.99. The van der Waals surface area contributed by atoms with Gasteiger partial charge in [0.05, 0.1) is 17.5 Å². The zero-order chi connectivity index (χ0) is 10.7. The molecule has 4 heteroatoms. The van der Waals surface area contributed by atoms with Crippen molar-refractivity contribution in [2.24, 2.45) is 0 Å². The first-order valence-corrected chi connectivity index (χ1v) is 4.53. The van der Waals surface area contributed by atoms with Gasteiger partial charge in [-0.25, -0.2) is 0 Å². The number of nitrogens with two attached hydrogens (primary N) is 1. The Morgan fingerprint density at radius 1 is 1.64 bits per heavy atom. The van der Waals surface area contributed by atoms with Gasteiger partial charge in [-0.3, -0.25) is 4.79 Å². The van der Waals surface area contributed by atoms with E-state index < -0.39 is 0 Å². The summed E-state index contributed by atoms with van der Waals surface area (Å²) in [6.07, 6.45) is 0. The van der Waals surface area contributed by atoms with Gasteiger partial charge in [0.2, 0.25) is 0 Å². The number of hydrogen-bond donors (Lipinski definition) is 1. The van der Waals surface area contributed by atoms with Gasteiger partial charge in [0.15, 0.2) is 5.78 Å². The van der Waals surface area contributed by atoms with Crippen molar-refractivity contribution >= 4 is 23.1 Å². The van der Waals surface area contributed by atoms with Crippen LogP contribution in [0.3, 0.4) is 0 Å². The zero-order valence-electron chi connectivity index (χ0n) is 7.67. The Hall–Kier alpha value is -1.53. The van der Waals surface area contributed by atoms with E-state index in [0.717, 1.165) is 0 Å². The summed E-state index contributed by atoms with van der Waals surface area (Å²) in [7, 11) is 0. The summed E-state index contributed by atoms with van der Waals surface area (Å²) in [5.41, 5.74) is 7.56. The lowest BCUT2D eigenvalue weighted by Gasteiger charge is -2.06. The van der Waals surface area contributed by atoms with Crippen molar-refractivity contribution in [1.29, 1.82) is 5.26 Å². The monoisotopic (exact) mass is 208 g/mol. The molecule has 0 aliphatic rings. The number of alkyl halides is 1. The summed E-state index contributed by atoms with van der Waals surface area (Å²) in [6.45, 7) is 1.73. The van der Waals surface area contributed by atoms with Gasteiger partial charge in [-0.05, 0) is 24.6 Å². The fourth-order valence-electron chi connectivity index (χ4n) is 1.16. The van der Waals surface area contributed by atoms with E-state index in [2.05, 4.69) is 0 Å². The lowest BCUT2D eigenvalue weighted by Crippen LogP contribution is -2.06. The number of ketones is 1. The molecule has 0 aliphatic carbocycles. The topological polar surface area (TPSA) is 66.9 Å². The minimum absolute atomic E-state index is 0.102. The van der Waals surface area contributed by atoms with Crippen LogP contribution in [0, 0.1) is 18.3 Å². The molecule has 1 rings (SSSR count). The third-order valence-electron chi connectivity index (χ3n) is 2.00.